The van der Waals surface area contributed by atoms with Crippen molar-refractivity contribution in [3.8, 4) is 5.75 Å². The largest absolute Gasteiger partial charge is 0.497 e. The summed E-state index contributed by atoms with van der Waals surface area (Å²) in [6, 6.07) is 16.0. The average molecular weight is 412 g/mol. The van der Waals surface area contributed by atoms with Crippen molar-refractivity contribution in [3.63, 3.8) is 0 Å². The smallest absolute Gasteiger partial charge is 0.341 e. The summed E-state index contributed by atoms with van der Waals surface area (Å²) in [7, 11) is 1.61. The number of hydrogen-bond acceptors (Lipinski definition) is 5. The standard InChI is InChI=1S/C22H25N3O3S/c1-28-20-9-7-17(8-10-20)15-24-21(26)25(29-22(24)27)13-4-12-23-14-11-18-5-2-3-6-19(18)16-23/h2-3,5-10H,4,11-16H2,1H3. The van der Waals surface area contributed by atoms with Gasteiger partial charge in [-0.2, -0.15) is 0 Å². The van der Waals surface area contributed by atoms with Gasteiger partial charge in [-0.15, -0.1) is 0 Å². The first-order valence-electron chi connectivity index (χ1n) is 9.87. The molecular weight excluding hydrogens is 386 g/mol. The third-order valence-electron chi connectivity index (χ3n) is 5.40. The molecule has 0 unspecified atom stereocenters. The van der Waals surface area contributed by atoms with E-state index in [9.17, 15) is 9.59 Å². The van der Waals surface area contributed by atoms with Gasteiger partial charge >= 0.3 is 10.6 Å². The summed E-state index contributed by atoms with van der Waals surface area (Å²) in [5, 5.41) is 0. The van der Waals surface area contributed by atoms with Crippen LogP contribution in [0.25, 0.3) is 0 Å². The lowest BCUT2D eigenvalue weighted by Gasteiger charge is -2.28. The van der Waals surface area contributed by atoms with Crippen LogP contribution in [0.4, 0.5) is 0 Å². The maximum atomic E-state index is 12.7. The van der Waals surface area contributed by atoms with Crippen molar-refractivity contribution in [1.29, 1.82) is 0 Å². The molecule has 0 bridgehead atoms. The fourth-order valence-electron chi connectivity index (χ4n) is 3.77. The van der Waals surface area contributed by atoms with E-state index in [2.05, 4.69) is 29.2 Å². The zero-order chi connectivity index (χ0) is 20.2. The Bertz CT molecular complexity index is 1080. The van der Waals surface area contributed by atoms with Gasteiger partial charge in [-0.3, -0.25) is 9.69 Å². The second-order valence-corrected chi connectivity index (χ2v) is 8.30. The van der Waals surface area contributed by atoms with Crippen molar-refractivity contribution in [3.05, 3.63) is 85.4 Å². The lowest BCUT2D eigenvalue weighted by molar-refractivity contribution is 0.247. The first-order valence-corrected chi connectivity index (χ1v) is 10.6. The minimum atomic E-state index is -0.222. The van der Waals surface area contributed by atoms with Gasteiger partial charge in [0.1, 0.15) is 5.75 Å². The number of aryl methyl sites for hydroxylation is 1. The molecule has 0 spiro atoms. The van der Waals surface area contributed by atoms with E-state index < -0.39 is 0 Å². The Hall–Kier alpha value is -2.64. The molecule has 0 saturated carbocycles. The molecule has 1 aliphatic heterocycles. The Morgan fingerprint density at radius 2 is 1.76 bits per heavy atom. The van der Waals surface area contributed by atoms with Crippen LogP contribution in [-0.4, -0.2) is 33.6 Å². The summed E-state index contributed by atoms with van der Waals surface area (Å²) < 4.78 is 8.04. The van der Waals surface area contributed by atoms with Gasteiger partial charge in [0.05, 0.1) is 13.7 Å². The molecule has 0 N–H and O–H groups in total. The molecule has 6 nitrogen and oxygen atoms in total. The Kier molecular flexibility index (Phi) is 5.97. The van der Waals surface area contributed by atoms with E-state index in [4.69, 9.17) is 4.74 Å². The summed E-state index contributed by atoms with van der Waals surface area (Å²) in [6.45, 7) is 3.78. The number of fused-ring (bicyclic) bond motifs is 1. The monoisotopic (exact) mass is 411 g/mol. The Morgan fingerprint density at radius 1 is 1.00 bits per heavy atom. The summed E-state index contributed by atoms with van der Waals surface area (Å²) >= 11 is 1.01. The molecule has 0 fully saturated rings. The molecule has 2 aromatic carbocycles. The molecule has 1 aromatic heterocycles. The van der Waals surface area contributed by atoms with E-state index in [1.165, 1.54) is 15.7 Å². The minimum absolute atomic E-state index is 0.210. The van der Waals surface area contributed by atoms with E-state index in [0.717, 1.165) is 55.3 Å². The van der Waals surface area contributed by atoms with Crippen molar-refractivity contribution in [1.82, 2.24) is 13.4 Å². The summed E-state index contributed by atoms with van der Waals surface area (Å²) in [5.41, 5.74) is 3.52. The van der Waals surface area contributed by atoms with Crippen LogP contribution in [0.1, 0.15) is 23.1 Å². The summed E-state index contributed by atoms with van der Waals surface area (Å²) in [5.74, 6) is 0.754. The molecule has 4 rings (SSSR count). The van der Waals surface area contributed by atoms with Gasteiger partial charge < -0.3 is 4.74 Å². The average Bonchev–Trinajstić information content (AvgIpc) is 3.02. The minimum Gasteiger partial charge on any atom is -0.497 e. The molecule has 2 heterocycles. The van der Waals surface area contributed by atoms with Crippen LogP contribution in [0, 0.1) is 0 Å². The van der Waals surface area contributed by atoms with E-state index >= 15 is 0 Å². The Balaban J connectivity index is 1.36. The van der Waals surface area contributed by atoms with Crippen molar-refractivity contribution in [2.45, 2.75) is 32.5 Å². The van der Waals surface area contributed by atoms with Crippen LogP contribution in [0.5, 0.6) is 5.75 Å². The number of benzene rings is 2. The number of hydrogen-bond donors (Lipinski definition) is 0. The highest BCUT2D eigenvalue weighted by atomic mass is 32.1. The van der Waals surface area contributed by atoms with Crippen LogP contribution in [-0.2, 0) is 26.1 Å². The molecule has 0 atom stereocenters. The zero-order valence-corrected chi connectivity index (χ0v) is 17.4. The SMILES string of the molecule is COc1ccc(Cn2c(=O)sn(CCCN3CCc4ccccc4C3)c2=O)cc1. The quantitative estimate of drug-likeness (QED) is 0.600. The maximum absolute atomic E-state index is 12.7. The predicted molar refractivity (Wildman–Crippen MR) is 115 cm³/mol. The zero-order valence-electron chi connectivity index (χ0n) is 16.5. The van der Waals surface area contributed by atoms with Crippen LogP contribution in [0.3, 0.4) is 0 Å². The van der Waals surface area contributed by atoms with Gasteiger partial charge in [-0.25, -0.2) is 13.3 Å². The Labute approximate surface area is 173 Å². The third-order valence-corrected chi connectivity index (χ3v) is 6.33. The van der Waals surface area contributed by atoms with Gasteiger partial charge in [-0.05, 0) is 41.7 Å². The fourth-order valence-corrected chi connectivity index (χ4v) is 4.59. The second-order valence-electron chi connectivity index (χ2n) is 7.32. The van der Waals surface area contributed by atoms with Crippen LogP contribution in [0.2, 0.25) is 0 Å². The van der Waals surface area contributed by atoms with E-state index in [1.54, 1.807) is 11.1 Å². The number of nitrogens with zero attached hydrogens (tertiary/aromatic N) is 3. The van der Waals surface area contributed by atoms with Gasteiger partial charge in [0.25, 0.3) is 0 Å². The normalized spacial score (nSPS) is 14.0. The van der Waals surface area contributed by atoms with Crippen molar-refractivity contribution in [2.75, 3.05) is 20.2 Å². The molecule has 1 aliphatic rings. The number of methoxy groups -OCH3 is 1. The highest BCUT2D eigenvalue weighted by molar-refractivity contribution is 7.03. The van der Waals surface area contributed by atoms with Gasteiger partial charge in [-0.1, -0.05) is 36.4 Å². The first kappa shape index (κ1) is 19.7. The summed E-state index contributed by atoms with van der Waals surface area (Å²) in [4.78, 5) is 27.2. The van der Waals surface area contributed by atoms with Gasteiger partial charge in [0, 0.05) is 37.7 Å². The molecule has 152 valence electrons. The van der Waals surface area contributed by atoms with Crippen molar-refractivity contribution >= 4 is 11.5 Å². The second kappa shape index (κ2) is 8.80. The third kappa shape index (κ3) is 4.52. The molecule has 0 amide bonds. The fraction of sp³-hybridized carbons (Fsp3) is 0.364. The molecule has 29 heavy (non-hydrogen) atoms. The topological polar surface area (TPSA) is 56.5 Å². The van der Waals surface area contributed by atoms with E-state index in [0.29, 0.717) is 6.54 Å². The lowest BCUT2D eigenvalue weighted by Crippen LogP contribution is -2.33. The van der Waals surface area contributed by atoms with Gasteiger partial charge in [0.2, 0.25) is 0 Å². The maximum Gasteiger partial charge on any atom is 0.341 e. The number of aromatic nitrogens is 2. The molecular formula is C22H25N3O3S. The van der Waals surface area contributed by atoms with Crippen molar-refractivity contribution in [2.24, 2.45) is 0 Å². The number of rotatable bonds is 7. The molecule has 7 heteroatoms. The van der Waals surface area contributed by atoms with Crippen LogP contribution < -0.4 is 15.3 Å². The molecule has 0 radical (unpaired) electrons. The van der Waals surface area contributed by atoms with E-state index in [-0.39, 0.29) is 17.1 Å². The lowest BCUT2D eigenvalue weighted by atomic mass is 10.00. The number of ether oxygens (including phenoxy) is 1. The first-order chi connectivity index (χ1) is 14.1. The highest BCUT2D eigenvalue weighted by Crippen LogP contribution is 2.18. The Morgan fingerprint density at radius 3 is 2.52 bits per heavy atom. The predicted octanol–water partition coefficient (Wildman–Crippen LogP) is 2.58. The van der Waals surface area contributed by atoms with Crippen LogP contribution >= 0.6 is 11.5 Å². The molecule has 0 saturated heterocycles. The highest BCUT2D eigenvalue weighted by Gasteiger charge is 2.16. The van der Waals surface area contributed by atoms with E-state index in [1.807, 2.05) is 24.3 Å². The molecule has 0 aliphatic carbocycles. The molecule has 3 aromatic rings. The summed E-state index contributed by atoms with van der Waals surface area (Å²) in [6.07, 6.45) is 1.92. The van der Waals surface area contributed by atoms with Crippen molar-refractivity contribution < 1.29 is 4.74 Å². The van der Waals surface area contributed by atoms with Gasteiger partial charge in [0.15, 0.2) is 0 Å². The van der Waals surface area contributed by atoms with Crippen LogP contribution in [0.15, 0.2) is 58.1 Å².